The van der Waals surface area contributed by atoms with Crippen molar-refractivity contribution in [2.24, 2.45) is 0 Å². The normalized spacial score (nSPS) is 18.1. The van der Waals surface area contributed by atoms with Crippen LogP contribution >= 0.6 is 0 Å². The van der Waals surface area contributed by atoms with Gasteiger partial charge in [0.1, 0.15) is 5.76 Å². The second-order valence-electron chi connectivity index (χ2n) is 6.89. The summed E-state index contributed by atoms with van der Waals surface area (Å²) in [5, 5.41) is 8.45. The molecule has 3 aromatic rings. The Labute approximate surface area is 148 Å². The zero-order chi connectivity index (χ0) is 17.2. The Morgan fingerprint density at radius 2 is 2.00 bits per heavy atom. The zero-order valence-corrected chi connectivity index (χ0v) is 14.9. The Kier molecular flexibility index (Phi) is 4.40. The first-order valence-corrected chi connectivity index (χ1v) is 8.93. The predicted molar refractivity (Wildman–Crippen MR) is 96.1 cm³/mol. The molecule has 5 nitrogen and oxygen atoms in total. The lowest BCUT2D eigenvalue weighted by atomic mass is 10.0. The molecule has 0 spiro atoms. The highest BCUT2D eigenvalue weighted by molar-refractivity contribution is 5.28. The third-order valence-electron chi connectivity index (χ3n) is 5.07. The summed E-state index contributed by atoms with van der Waals surface area (Å²) in [6.07, 6.45) is 6.22. The van der Waals surface area contributed by atoms with Gasteiger partial charge in [0.15, 0.2) is 0 Å². The maximum absolute atomic E-state index is 5.40. The van der Waals surface area contributed by atoms with E-state index >= 15 is 0 Å². The first kappa shape index (κ1) is 16.1. The van der Waals surface area contributed by atoms with Crippen LogP contribution in [0.2, 0.25) is 0 Å². The van der Waals surface area contributed by atoms with Crippen molar-refractivity contribution in [2.75, 3.05) is 6.54 Å². The minimum atomic E-state index is 0.418. The van der Waals surface area contributed by atoms with Crippen LogP contribution in [0, 0.1) is 13.8 Å². The van der Waals surface area contributed by atoms with E-state index < -0.39 is 0 Å². The van der Waals surface area contributed by atoms with Crippen LogP contribution in [0.5, 0.6) is 0 Å². The quantitative estimate of drug-likeness (QED) is 0.709. The minimum Gasteiger partial charge on any atom is -0.361 e. The third kappa shape index (κ3) is 3.37. The monoisotopic (exact) mass is 336 g/mol. The molecule has 1 aliphatic heterocycles. The van der Waals surface area contributed by atoms with E-state index in [9.17, 15) is 0 Å². The molecule has 1 fully saturated rings. The van der Waals surface area contributed by atoms with Crippen LogP contribution in [-0.2, 0) is 13.1 Å². The van der Waals surface area contributed by atoms with Gasteiger partial charge in [0.05, 0.1) is 12.2 Å². The van der Waals surface area contributed by atoms with Crippen molar-refractivity contribution in [3.63, 3.8) is 0 Å². The Hall–Kier alpha value is -2.40. The molecule has 0 N–H and O–H groups in total. The highest BCUT2D eigenvalue weighted by Crippen LogP contribution is 2.36. The second kappa shape index (κ2) is 6.84. The zero-order valence-electron chi connectivity index (χ0n) is 14.9. The van der Waals surface area contributed by atoms with Crippen molar-refractivity contribution >= 4 is 0 Å². The molecule has 0 bridgehead atoms. The molecule has 2 aromatic heterocycles. The summed E-state index contributed by atoms with van der Waals surface area (Å²) in [5.74, 6) is 0.960. The van der Waals surface area contributed by atoms with Crippen molar-refractivity contribution in [2.45, 2.75) is 45.8 Å². The number of nitrogens with zero attached hydrogens (tertiary/aromatic N) is 4. The lowest BCUT2D eigenvalue weighted by Gasteiger charge is -2.24. The smallest absolute Gasteiger partial charge is 0.138 e. The van der Waals surface area contributed by atoms with Gasteiger partial charge in [-0.1, -0.05) is 29.4 Å². The van der Waals surface area contributed by atoms with E-state index in [-0.39, 0.29) is 0 Å². The highest BCUT2D eigenvalue weighted by Gasteiger charge is 2.30. The molecule has 1 aliphatic rings. The van der Waals surface area contributed by atoms with Gasteiger partial charge < -0.3 is 4.52 Å². The largest absolute Gasteiger partial charge is 0.361 e. The Morgan fingerprint density at radius 3 is 2.72 bits per heavy atom. The molecule has 1 saturated heterocycles. The third-order valence-corrected chi connectivity index (χ3v) is 5.07. The van der Waals surface area contributed by atoms with Gasteiger partial charge >= 0.3 is 0 Å². The molecule has 1 atom stereocenters. The SMILES string of the molecule is Cc1noc(C)c1[C@@H]1CCCN1Cc1cccc(Cn2cccn2)c1. The number of likely N-dealkylation sites (tertiary alicyclic amines) is 1. The standard InChI is InChI=1S/C20H24N4O/c1-15-20(16(2)25-22-15)19-8-4-10-23(19)13-17-6-3-7-18(12-17)14-24-11-5-9-21-24/h3,5-7,9,11-12,19H,4,8,10,13-14H2,1-2H3/t19-/m0/s1. The number of aromatic nitrogens is 3. The molecule has 4 rings (SSSR count). The van der Waals surface area contributed by atoms with Crippen molar-refractivity contribution in [1.29, 1.82) is 0 Å². The summed E-state index contributed by atoms with van der Waals surface area (Å²) < 4.78 is 7.36. The fraction of sp³-hybridized carbons (Fsp3) is 0.400. The molecule has 0 aliphatic carbocycles. The fourth-order valence-electron chi connectivity index (χ4n) is 3.95. The van der Waals surface area contributed by atoms with Crippen molar-refractivity contribution in [3.8, 4) is 0 Å². The molecule has 0 unspecified atom stereocenters. The van der Waals surface area contributed by atoms with E-state index in [1.165, 1.54) is 29.5 Å². The van der Waals surface area contributed by atoms with Gasteiger partial charge in [0, 0.05) is 30.5 Å². The molecule has 3 heterocycles. The van der Waals surface area contributed by atoms with Gasteiger partial charge in [-0.3, -0.25) is 9.58 Å². The topological polar surface area (TPSA) is 47.1 Å². The number of benzene rings is 1. The van der Waals surface area contributed by atoms with Gasteiger partial charge in [-0.25, -0.2) is 0 Å². The van der Waals surface area contributed by atoms with Gasteiger partial charge in [0.2, 0.25) is 0 Å². The molecule has 0 saturated carbocycles. The van der Waals surface area contributed by atoms with Gasteiger partial charge in [-0.05, 0) is 50.4 Å². The summed E-state index contributed by atoms with van der Waals surface area (Å²) in [4.78, 5) is 2.56. The maximum Gasteiger partial charge on any atom is 0.138 e. The fourth-order valence-corrected chi connectivity index (χ4v) is 3.95. The average molecular weight is 336 g/mol. The van der Waals surface area contributed by atoms with Crippen LogP contribution in [0.3, 0.4) is 0 Å². The number of hydrogen-bond donors (Lipinski definition) is 0. The predicted octanol–water partition coefficient (Wildman–Crippen LogP) is 3.87. The molecular weight excluding hydrogens is 312 g/mol. The molecule has 1 aromatic carbocycles. The lowest BCUT2D eigenvalue weighted by molar-refractivity contribution is 0.245. The highest BCUT2D eigenvalue weighted by atomic mass is 16.5. The number of hydrogen-bond acceptors (Lipinski definition) is 4. The molecule has 0 amide bonds. The minimum absolute atomic E-state index is 0.418. The molecule has 5 heteroatoms. The Bertz CT molecular complexity index is 818. The van der Waals surface area contributed by atoms with E-state index in [2.05, 4.69) is 39.4 Å². The first-order valence-electron chi connectivity index (χ1n) is 8.93. The van der Waals surface area contributed by atoms with Crippen LogP contribution in [0.4, 0.5) is 0 Å². The summed E-state index contributed by atoms with van der Waals surface area (Å²) in [6, 6.07) is 11.2. The van der Waals surface area contributed by atoms with Gasteiger partial charge in [-0.2, -0.15) is 5.10 Å². The van der Waals surface area contributed by atoms with E-state index in [1.807, 2.05) is 37.0 Å². The van der Waals surface area contributed by atoms with Crippen molar-refractivity contribution in [3.05, 3.63) is 70.9 Å². The van der Waals surface area contributed by atoms with Gasteiger partial charge in [0.25, 0.3) is 0 Å². The Morgan fingerprint density at radius 1 is 1.16 bits per heavy atom. The second-order valence-corrected chi connectivity index (χ2v) is 6.89. The van der Waals surface area contributed by atoms with Crippen LogP contribution in [0.15, 0.2) is 47.2 Å². The van der Waals surface area contributed by atoms with Crippen LogP contribution in [0.25, 0.3) is 0 Å². The van der Waals surface area contributed by atoms with Gasteiger partial charge in [-0.15, -0.1) is 0 Å². The summed E-state index contributed by atoms with van der Waals surface area (Å²) in [6.45, 7) is 6.97. The Balaban J connectivity index is 1.51. The molecule has 0 radical (unpaired) electrons. The van der Waals surface area contributed by atoms with Crippen molar-refractivity contribution < 1.29 is 4.52 Å². The summed E-state index contributed by atoms with van der Waals surface area (Å²) in [7, 11) is 0. The van der Waals surface area contributed by atoms with Crippen molar-refractivity contribution in [1.82, 2.24) is 19.8 Å². The number of aryl methyl sites for hydroxylation is 2. The van der Waals surface area contributed by atoms with E-state index in [0.717, 1.165) is 31.1 Å². The van der Waals surface area contributed by atoms with Crippen LogP contribution in [0.1, 0.15) is 47.0 Å². The summed E-state index contributed by atoms with van der Waals surface area (Å²) >= 11 is 0. The first-order chi connectivity index (χ1) is 12.2. The average Bonchev–Trinajstić information content (AvgIpc) is 3.32. The van der Waals surface area contributed by atoms with E-state index in [1.54, 1.807) is 0 Å². The molecule has 130 valence electrons. The maximum atomic E-state index is 5.40. The molecule has 25 heavy (non-hydrogen) atoms. The van der Waals surface area contributed by atoms with E-state index in [0.29, 0.717) is 6.04 Å². The van der Waals surface area contributed by atoms with Crippen LogP contribution < -0.4 is 0 Å². The van der Waals surface area contributed by atoms with Crippen LogP contribution in [-0.4, -0.2) is 26.4 Å². The lowest BCUT2D eigenvalue weighted by Crippen LogP contribution is -2.23. The number of rotatable bonds is 5. The van der Waals surface area contributed by atoms with E-state index in [4.69, 9.17) is 4.52 Å². The molecular formula is C20H24N4O. The summed E-state index contributed by atoms with van der Waals surface area (Å²) in [5.41, 5.74) is 4.95.